The van der Waals surface area contributed by atoms with Crippen LogP contribution in [0.1, 0.15) is 50.6 Å². The van der Waals surface area contributed by atoms with Crippen LogP contribution in [-0.4, -0.2) is 21.6 Å². The number of ether oxygens (including phenoxy) is 1. The van der Waals surface area contributed by atoms with Gasteiger partial charge in [0.15, 0.2) is 0 Å². The zero-order valence-corrected chi connectivity index (χ0v) is 18.7. The van der Waals surface area contributed by atoms with Crippen LogP contribution >= 0.6 is 23.2 Å². The quantitative estimate of drug-likeness (QED) is 0.457. The van der Waals surface area contributed by atoms with E-state index in [0.717, 1.165) is 48.0 Å². The lowest BCUT2D eigenvalue weighted by atomic mass is 9.94. The fourth-order valence-corrected chi connectivity index (χ4v) is 5.16. The second-order valence-electron chi connectivity index (χ2n) is 8.19. The van der Waals surface area contributed by atoms with Gasteiger partial charge in [-0.1, -0.05) is 47.8 Å². The molecule has 0 bridgehead atoms. The van der Waals surface area contributed by atoms with E-state index in [2.05, 4.69) is 5.32 Å². The number of nitrogens with zero attached hydrogens (tertiary/aromatic N) is 2. The van der Waals surface area contributed by atoms with Crippen LogP contribution in [0.15, 0.2) is 53.7 Å². The molecule has 1 aliphatic carbocycles. The molecule has 5 rings (SSSR count). The minimum Gasteiger partial charge on any atom is -0.459 e. The minimum absolute atomic E-state index is 0.0381. The van der Waals surface area contributed by atoms with Gasteiger partial charge in [-0.3, -0.25) is 4.57 Å². The van der Waals surface area contributed by atoms with Gasteiger partial charge in [-0.15, -0.1) is 0 Å². The average Bonchev–Trinajstić information content (AvgIpc) is 3.11. The van der Waals surface area contributed by atoms with E-state index in [1.165, 1.54) is 6.42 Å². The van der Waals surface area contributed by atoms with E-state index < -0.39 is 6.04 Å². The summed E-state index contributed by atoms with van der Waals surface area (Å²) in [7, 11) is 0. The number of para-hydroxylation sites is 2. The fraction of sp³-hybridized carbons (Fsp3) is 0.333. The molecule has 2 aliphatic rings. The number of imidazole rings is 1. The molecule has 5 nitrogen and oxygen atoms in total. The summed E-state index contributed by atoms with van der Waals surface area (Å²) < 4.78 is 8.00. The summed E-state index contributed by atoms with van der Waals surface area (Å²) in [6, 6.07) is 12.8. The molecular formula is C24H23Cl2N3O2. The Morgan fingerprint density at radius 3 is 2.68 bits per heavy atom. The zero-order chi connectivity index (χ0) is 21.5. The maximum absolute atomic E-state index is 13.5. The number of halogens is 2. The van der Waals surface area contributed by atoms with Crippen molar-refractivity contribution in [1.82, 2.24) is 9.55 Å². The summed E-state index contributed by atoms with van der Waals surface area (Å²) in [6.45, 7) is 1.89. The molecule has 0 radical (unpaired) electrons. The van der Waals surface area contributed by atoms with E-state index in [9.17, 15) is 4.79 Å². The number of aromatic nitrogens is 2. The molecule has 0 amide bonds. The summed E-state index contributed by atoms with van der Waals surface area (Å²) in [5, 5.41) is 4.36. The minimum atomic E-state index is -0.468. The van der Waals surface area contributed by atoms with Crippen molar-refractivity contribution in [3.63, 3.8) is 0 Å². The third-order valence-electron chi connectivity index (χ3n) is 6.13. The predicted molar refractivity (Wildman–Crippen MR) is 124 cm³/mol. The van der Waals surface area contributed by atoms with Crippen LogP contribution in [0.25, 0.3) is 11.0 Å². The van der Waals surface area contributed by atoms with E-state index >= 15 is 0 Å². The standard InChI is InChI=1S/C24H23Cl2N3O2/c1-14-21(23(30)31-16-7-3-2-4-8-16)22(17-12-11-15(25)13-18(17)26)29-20-10-6-5-9-19(20)28-24(29)27-14/h5-6,9-13,16,22H,2-4,7-8H2,1H3,(H,27,28). The SMILES string of the molecule is CC1=C(C(=O)OC2CCCCC2)C(c2ccc(Cl)cc2Cl)n2c(nc3ccccc32)N1. The van der Waals surface area contributed by atoms with E-state index in [1.807, 2.05) is 41.8 Å². The maximum atomic E-state index is 13.5. The number of esters is 1. The largest absolute Gasteiger partial charge is 0.459 e. The van der Waals surface area contributed by atoms with E-state index in [-0.39, 0.29) is 12.1 Å². The predicted octanol–water partition coefficient (Wildman–Crippen LogP) is 6.51. The van der Waals surface area contributed by atoms with E-state index in [0.29, 0.717) is 21.6 Å². The number of allylic oxidation sites excluding steroid dienone is 1. The third kappa shape index (κ3) is 3.70. The fourth-order valence-electron chi connectivity index (χ4n) is 4.64. The highest BCUT2D eigenvalue weighted by atomic mass is 35.5. The zero-order valence-electron chi connectivity index (χ0n) is 17.2. The summed E-state index contributed by atoms with van der Waals surface area (Å²) in [5.74, 6) is 0.361. The molecule has 160 valence electrons. The van der Waals surface area contributed by atoms with E-state index in [4.69, 9.17) is 32.9 Å². The third-order valence-corrected chi connectivity index (χ3v) is 6.70. The summed E-state index contributed by atoms with van der Waals surface area (Å²) >= 11 is 12.8. The molecule has 1 unspecified atom stereocenters. The Labute approximate surface area is 191 Å². The Morgan fingerprint density at radius 1 is 1.13 bits per heavy atom. The smallest absolute Gasteiger partial charge is 0.338 e. The van der Waals surface area contributed by atoms with Gasteiger partial charge in [0.1, 0.15) is 6.10 Å². The first-order valence-electron chi connectivity index (χ1n) is 10.6. The number of nitrogens with one attached hydrogen (secondary N) is 1. The van der Waals surface area contributed by atoms with Crippen molar-refractivity contribution in [2.24, 2.45) is 0 Å². The van der Waals surface area contributed by atoms with Crippen molar-refractivity contribution in [3.8, 4) is 0 Å². The molecule has 1 atom stereocenters. The summed E-state index contributed by atoms with van der Waals surface area (Å²) in [5.41, 5.74) is 3.81. The van der Waals surface area contributed by atoms with Crippen molar-refractivity contribution < 1.29 is 9.53 Å². The number of carbonyl (C=O) groups is 1. The van der Waals surface area contributed by atoms with Crippen molar-refractivity contribution >= 4 is 46.2 Å². The normalized spacial score (nSPS) is 19.3. The van der Waals surface area contributed by atoms with Gasteiger partial charge in [-0.25, -0.2) is 9.78 Å². The molecule has 1 aromatic heterocycles. The summed E-state index contributed by atoms with van der Waals surface area (Å²) in [4.78, 5) is 18.2. The Balaban J connectivity index is 1.65. The Bertz CT molecular complexity index is 1190. The molecule has 1 N–H and O–H groups in total. The Morgan fingerprint density at radius 2 is 1.90 bits per heavy atom. The van der Waals surface area contributed by atoms with Crippen LogP contribution in [0.3, 0.4) is 0 Å². The highest BCUT2D eigenvalue weighted by Gasteiger charge is 2.37. The first-order valence-corrected chi connectivity index (χ1v) is 11.4. The van der Waals surface area contributed by atoms with Crippen LogP contribution < -0.4 is 5.32 Å². The van der Waals surface area contributed by atoms with Gasteiger partial charge in [0.05, 0.1) is 22.6 Å². The number of anilines is 1. The first-order chi connectivity index (χ1) is 15.0. The molecule has 1 saturated carbocycles. The number of hydrogen-bond acceptors (Lipinski definition) is 4. The topological polar surface area (TPSA) is 56.2 Å². The van der Waals surface area contributed by atoms with Crippen LogP contribution in [0.2, 0.25) is 10.0 Å². The lowest BCUT2D eigenvalue weighted by Crippen LogP contribution is -2.31. The second kappa shape index (κ2) is 8.21. The van der Waals surface area contributed by atoms with E-state index in [1.54, 1.807) is 12.1 Å². The van der Waals surface area contributed by atoms with Gasteiger partial charge in [0.25, 0.3) is 0 Å². The van der Waals surface area contributed by atoms with Crippen molar-refractivity contribution in [3.05, 3.63) is 69.3 Å². The van der Waals surface area contributed by atoms with Crippen molar-refractivity contribution in [2.75, 3.05) is 5.32 Å². The number of rotatable bonds is 3. The molecule has 0 spiro atoms. The van der Waals surface area contributed by atoms with Gasteiger partial charge in [0.2, 0.25) is 5.95 Å². The number of carbonyl (C=O) groups excluding carboxylic acids is 1. The molecule has 7 heteroatoms. The molecule has 1 fully saturated rings. The lowest BCUT2D eigenvalue weighted by Gasteiger charge is -2.32. The molecule has 0 saturated heterocycles. The maximum Gasteiger partial charge on any atom is 0.338 e. The molecular weight excluding hydrogens is 433 g/mol. The Hall–Kier alpha value is -2.50. The van der Waals surface area contributed by atoms with Gasteiger partial charge in [0, 0.05) is 15.7 Å². The van der Waals surface area contributed by atoms with Gasteiger partial charge in [-0.05, 0) is 62.4 Å². The van der Waals surface area contributed by atoms with Crippen molar-refractivity contribution in [1.29, 1.82) is 0 Å². The second-order valence-corrected chi connectivity index (χ2v) is 9.04. The highest BCUT2D eigenvalue weighted by molar-refractivity contribution is 6.35. The van der Waals surface area contributed by atoms with Crippen LogP contribution in [0, 0.1) is 0 Å². The van der Waals surface area contributed by atoms with Gasteiger partial charge < -0.3 is 10.1 Å². The molecule has 1 aliphatic heterocycles. The van der Waals surface area contributed by atoms with Gasteiger partial charge >= 0.3 is 5.97 Å². The number of fused-ring (bicyclic) bond motifs is 3. The average molecular weight is 456 g/mol. The summed E-state index contributed by atoms with van der Waals surface area (Å²) in [6.07, 6.45) is 5.18. The molecule has 2 aromatic carbocycles. The molecule has 2 heterocycles. The van der Waals surface area contributed by atoms with Crippen LogP contribution in [0.5, 0.6) is 0 Å². The van der Waals surface area contributed by atoms with Gasteiger partial charge in [-0.2, -0.15) is 0 Å². The van der Waals surface area contributed by atoms with Crippen LogP contribution in [0.4, 0.5) is 5.95 Å². The number of hydrogen-bond donors (Lipinski definition) is 1. The Kier molecular flexibility index (Phi) is 5.40. The first kappa shape index (κ1) is 20.4. The molecule has 31 heavy (non-hydrogen) atoms. The monoisotopic (exact) mass is 455 g/mol. The number of benzene rings is 2. The highest BCUT2D eigenvalue weighted by Crippen LogP contribution is 2.42. The molecule has 3 aromatic rings. The van der Waals surface area contributed by atoms with Crippen molar-refractivity contribution in [2.45, 2.75) is 51.2 Å². The van der Waals surface area contributed by atoms with Crippen LogP contribution in [-0.2, 0) is 9.53 Å². The lowest BCUT2D eigenvalue weighted by molar-refractivity contribution is -0.146.